The van der Waals surface area contributed by atoms with Crippen molar-refractivity contribution in [3.05, 3.63) is 28.8 Å². The molecule has 8 nitrogen and oxygen atoms in total. The lowest BCUT2D eigenvalue weighted by molar-refractivity contribution is -0.143. The van der Waals surface area contributed by atoms with Gasteiger partial charge < -0.3 is 9.47 Å². The number of sulfonamides is 1. The van der Waals surface area contributed by atoms with Crippen LogP contribution in [0.15, 0.2) is 18.2 Å². The maximum atomic E-state index is 13.6. The summed E-state index contributed by atoms with van der Waals surface area (Å²) in [5.41, 5.74) is -0.669. The zero-order chi connectivity index (χ0) is 21.5. The minimum absolute atomic E-state index is 0.0148. The van der Waals surface area contributed by atoms with E-state index < -0.39 is 39.4 Å². The number of nitriles is 1. The number of nitrogens with zero attached hydrogens (tertiary/aromatic N) is 2. The van der Waals surface area contributed by atoms with E-state index in [4.69, 9.17) is 26.3 Å². The molecule has 1 aromatic rings. The number of halogens is 1. The first-order valence-corrected chi connectivity index (χ1v) is 12.0. The molecule has 1 N–H and O–H groups in total. The number of fused-ring (bicyclic) bond motifs is 2. The highest BCUT2D eigenvalue weighted by Gasteiger charge is 2.78. The number of nitrogens with one attached hydrogen (secondary N) is 1. The van der Waals surface area contributed by atoms with Crippen LogP contribution in [0.25, 0.3) is 0 Å². The molecule has 0 unspecified atom stereocenters. The van der Waals surface area contributed by atoms with Gasteiger partial charge in [-0.2, -0.15) is 5.26 Å². The van der Waals surface area contributed by atoms with Gasteiger partial charge in [0.2, 0.25) is 15.9 Å². The van der Waals surface area contributed by atoms with Crippen molar-refractivity contribution in [3.63, 3.8) is 0 Å². The summed E-state index contributed by atoms with van der Waals surface area (Å²) in [6, 6.07) is 6.49. The minimum Gasteiger partial charge on any atom is -0.366 e. The van der Waals surface area contributed by atoms with Crippen LogP contribution in [0.5, 0.6) is 0 Å². The SMILES string of the molecule is CCS(=O)(=O)N[C@H]1C[C@]2(C)O[C@@]13CCO[C@H]1[C@@H]3[C@@H]2C(=O)N1c1ccc(C#N)c(Cl)c1. The van der Waals surface area contributed by atoms with E-state index in [1.54, 1.807) is 30.0 Å². The van der Waals surface area contributed by atoms with Gasteiger partial charge in [0.05, 0.1) is 46.1 Å². The van der Waals surface area contributed by atoms with Gasteiger partial charge in [0, 0.05) is 18.0 Å². The molecule has 4 heterocycles. The van der Waals surface area contributed by atoms with Crippen LogP contribution >= 0.6 is 11.6 Å². The molecule has 4 fully saturated rings. The normalized spacial score (nSPS) is 39.3. The summed E-state index contributed by atoms with van der Waals surface area (Å²) in [6.07, 6.45) is 0.385. The van der Waals surface area contributed by atoms with Crippen molar-refractivity contribution in [2.24, 2.45) is 11.8 Å². The smallest absolute Gasteiger partial charge is 0.235 e. The van der Waals surface area contributed by atoms with E-state index in [1.807, 2.05) is 13.0 Å². The Kier molecular flexibility index (Phi) is 4.32. The molecule has 2 bridgehead atoms. The van der Waals surface area contributed by atoms with E-state index >= 15 is 0 Å². The first-order valence-electron chi connectivity index (χ1n) is 10.0. The molecular weight excluding hydrogens is 430 g/mol. The molecule has 1 amide bonds. The van der Waals surface area contributed by atoms with Crippen LogP contribution in [0.3, 0.4) is 0 Å². The molecule has 5 rings (SSSR count). The minimum atomic E-state index is -3.43. The zero-order valence-corrected chi connectivity index (χ0v) is 18.2. The Bertz CT molecular complexity index is 1090. The molecule has 30 heavy (non-hydrogen) atoms. The maximum Gasteiger partial charge on any atom is 0.235 e. The zero-order valence-electron chi connectivity index (χ0n) is 16.6. The van der Waals surface area contributed by atoms with Gasteiger partial charge in [-0.15, -0.1) is 0 Å². The lowest BCUT2D eigenvalue weighted by Crippen LogP contribution is -2.61. The molecule has 0 aromatic heterocycles. The van der Waals surface area contributed by atoms with Crippen molar-refractivity contribution in [3.8, 4) is 6.07 Å². The summed E-state index contributed by atoms with van der Waals surface area (Å²) in [5.74, 6) is -0.857. The Hall–Kier alpha value is -1.70. The predicted molar refractivity (Wildman–Crippen MR) is 108 cm³/mol. The highest BCUT2D eigenvalue weighted by molar-refractivity contribution is 7.89. The molecule has 0 aliphatic carbocycles. The first kappa shape index (κ1) is 20.2. The molecule has 4 saturated heterocycles. The van der Waals surface area contributed by atoms with Gasteiger partial charge in [-0.05, 0) is 38.5 Å². The summed E-state index contributed by atoms with van der Waals surface area (Å²) in [4.78, 5) is 15.2. The molecule has 6 atom stereocenters. The Morgan fingerprint density at radius 1 is 1.43 bits per heavy atom. The topological polar surface area (TPSA) is 109 Å². The van der Waals surface area contributed by atoms with Gasteiger partial charge in [-0.3, -0.25) is 9.69 Å². The molecule has 0 saturated carbocycles. The van der Waals surface area contributed by atoms with Gasteiger partial charge in [-0.1, -0.05) is 11.6 Å². The summed E-state index contributed by atoms with van der Waals surface area (Å²) in [7, 11) is -3.43. The number of amides is 1. The van der Waals surface area contributed by atoms with Crippen molar-refractivity contribution in [2.45, 2.75) is 50.2 Å². The number of ether oxygens (including phenoxy) is 2. The van der Waals surface area contributed by atoms with Crippen LogP contribution < -0.4 is 9.62 Å². The van der Waals surface area contributed by atoms with Crippen molar-refractivity contribution < 1.29 is 22.7 Å². The number of hydrogen-bond donors (Lipinski definition) is 1. The molecule has 1 aromatic carbocycles. The second-order valence-electron chi connectivity index (χ2n) is 8.65. The Balaban J connectivity index is 1.57. The van der Waals surface area contributed by atoms with Crippen LogP contribution in [-0.2, 0) is 24.3 Å². The first-order chi connectivity index (χ1) is 14.2. The largest absolute Gasteiger partial charge is 0.366 e. The van der Waals surface area contributed by atoms with Crippen molar-refractivity contribution in [1.29, 1.82) is 5.26 Å². The number of hydrogen-bond acceptors (Lipinski definition) is 6. The summed E-state index contributed by atoms with van der Waals surface area (Å²) < 4.78 is 40.0. The molecule has 0 radical (unpaired) electrons. The molecule has 4 aliphatic rings. The average Bonchev–Trinajstić information content (AvgIpc) is 3.25. The number of carbonyl (C=O) groups excluding carboxylic acids is 1. The van der Waals surface area contributed by atoms with Crippen LogP contribution in [0.1, 0.15) is 32.3 Å². The molecular formula is C20H22ClN3O5S. The second-order valence-corrected chi connectivity index (χ2v) is 11.1. The van der Waals surface area contributed by atoms with Crippen molar-refractivity contribution in [2.75, 3.05) is 17.3 Å². The van der Waals surface area contributed by atoms with E-state index in [0.29, 0.717) is 30.7 Å². The molecule has 10 heteroatoms. The lowest BCUT2D eigenvalue weighted by Gasteiger charge is -2.45. The van der Waals surface area contributed by atoms with Gasteiger partial charge in [-0.25, -0.2) is 13.1 Å². The van der Waals surface area contributed by atoms with Crippen LogP contribution in [-0.4, -0.2) is 50.2 Å². The number of carbonyl (C=O) groups is 1. The fourth-order valence-corrected chi connectivity index (χ4v) is 7.00. The molecule has 160 valence electrons. The predicted octanol–water partition coefficient (Wildman–Crippen LogP) is 1.78. The summed E-state index contributed by atoms with van der Waals surface area (Å²) >= 11 is 6.21. The second kappa shape index (κ2) is 6.40. The van der Waals surface area contributed by atoms with E-state index in [9.17, 15) is 13.2 Å². The summed E-state index contributed by atoms with van der Waals surface area (Å²) in [6.45, 7) is 3.84. The third-order valence-electron chi connectivity index (χ3n) is 7.10. The maximum absolute atomic E-state index is 13.6. The Labute approximate surface area is 180 Å². The fraction of sp³-hybridized carbons (Fsp3) is 0.600. The monoisotopic (exact) mass is 451 g/mol. The van der Waals surface area contributed by atoms with E-state index in [1.165, 1.54) is 0 Å². The Morgan fingerprint density at radius 3 is 2.87 bits per heavy atom. The van der Waals surface area contributed by atoms with E-state index in [2.05, 4.69) is 4.72 Å². The van der Waals surface area contributed by atoms with Gasteiger partial charge in [0.25, 0.3) is 0 Å². The average molecular weight is 452 g/mol. The van der Waals surface area contributed by atoms with E-state index in [0.717, 1.165) is 0 Å². The molecule has 4 aliphatic heterocycles. The van der Waals surface area contributed by atoms with Crippen LogP contribution in [0, 0.1) is 23.2 Å². The van der Waals surface area contributed by atoms with Crippen molar-refractivity contribution >= 4 is 33.2 Å². The highest BCUT2D eigenvalue weighted by atomic mass is 35.5. The quantitative estimate of drug-likeness (QED) is 0.747. The molecule has 1 spiro atoms. The Morgan fingerprint density at radius 2 is 2.20 bits per heavy atom. The van der Waals surface area contributed by atoms with Crippen LogP contribution in [0.4, 0.5) is 5.69 Å². The van der Waals surface area contributed by atoms with E-state index in [-0.39, 0.29) is 22.6 Å². The van der Waals surface area contributed by atoms with Crippen molar-refractivity contribution in [1.82, 2.24) is 4.72 Å². The van der Waals surface area contributed by atoms with Gasteiger partial charge >= 0.3 is 0 Å². The fourth-order valence-electron chi connectivity index (χ4n) is 5.90. The third-order valence-corrected chi connectivity index (χ3v) is 8.82. The number of anilines is 1. The number of benzene rings is 1. The summed E-state index contributed by atoms with van der Waals surface area (Å²) in [5, 5.41) is 9.41. The highest BCUT2D eigenvalue weighted by Crippen LogP contribution is 2.65. The third kappa shape index (κ3) is 2.55. The van der Waals surface area contributed by atoms with Crippen LogP contribution in [0.2, 0.25) is 5.02 Å². The lowest BCUT2D eigenvalue weighted by atomic mass is 9.64. The van der Waals surface area contributed by atoms with Gasteiger partial charge in [0.15, 0.2) is 0 Å². The standard InChI is InChI=1S/C20H22ClN3O5S/c1-3-30(26,27)23-14-9-19(2)15-16-18(28-7-6-20(14,16)29-19)24(17(15)25)12-5-4-11(10-22)13(21)8-12/h4-5,8,14-16,18,23H,3,6-7,9H2,1-2H3/t14-,15+,16-,18-,19-,20-/m0/s1. The number of rotatable bonds is 4. The van der Waals surface area contributed by atoms with Gasteiger partial charge in [0.1, 0.15) is 12.3 Å².